The summed E-state index contributed by atoms with van der Waals surface area (Å²) in [4.78, 5) is 15.0. The van der Waals surface area contributed by atoms with Crippen molar-refractivity contribution in [1.82, 2.24) is 4.98 Å². The van der Waals surface area contributed by atoms with E-state index in [1.165, 1.54) is 6.07 Å². The Morgan fingerprint density at radius 2 is 2.24 bits per heavy atom. The number of hydrogen-bond donors (Lipinski definition) is 2. The summed E-state index contributed by atoms with van der Waals surface area (Å²) < 4.78 is 30.2. The number of carbonyl (C=O) groups excluding carboxylic acids is 1. The lowest BCUT2D eigenvalue weighted by atomic mass is 10.1. The molecule has 1 heterocycles. The van der Waals surface area contributed by atoms with Crippen LogP contribution in [0.1, 0.15) is 35.0 Å². The average Bonchev–Trinajstić information content (AvgIpc) is 2.27. The summed E-state index contributed by atoms with van der Waals surface area (Å²) in [5, 5.41) is 0. The molecule has 4 N–H and O–H groups in total. The molecule has 0 radical (unpaired) electrons. The predicted molar refractivity (Wildman–Crippen MR) is 57.5 cm³/mol. The van der Waals surface area contributed by atoms with Crippen molar-refractivity contribution in [2.75, 3.05) is 12.3 Å². The number of halogens is 2. The van der Waals surface area contributed by atoms with Gasteiger partial charge in [-0.25, -0.2) is 18.6 Å². The molecule has 0 atom stereocenters. The number of pyridine rings is 1. The Bertz CT molecular complexity index is 424. The first-order valence-corrected chi connectivity index (χ1v) is 4.95. The van der Waals surface area contributed by atoms with Crippen LogP contribution in [-0.4, -0.2) is 17.6 Å². The van der Waals surface area contributed by atoms with Crippen LogP contribution >= 0.6 is 0 Å². The monoisotopic (exact) mass is 245 g/mol. The molecule has 94 valence electrons. The number of aromatic nitrogens is 1. The Hall–Kier alpha value is -1.76. The molecule has 0 spiro atoms. The summed E-state index contributed by atoms with van der Waals surface area (Å²) >= 11 is 0. The number of hydrogen-bond acceptors (Lipinski definition) is 5. The van der Waals surface area contributed by atoms with Gasteiger partial charge in [0.05, 0.1) is 12.2 Å². The van der Waals surface area contributed by atoms with Gasteiger partial charge >= 0.3 is 5.97 Å². The van der Waals surface area contributed by atoms with Crippen LogP contribution in [-0.2, 0) is 11.3 Å². The maximum Gasteiger partial charge on any atom is 0.340 e. The number of carbonyl (C=O) groups is 1. The molecule has 0 aliphatic rings. The standard InChI is InChI=1S/C10H13F2N3O2/c1-2-17-10(16)7-5(4-13)3-6(14)15-8(7)9(11)12/h3,9H,2,4,13H2,1H3,(H2,14,15). The Morgan fingerprint density at radius 1 is 1.59 bits per heavy atom. The fraction of sp³-hybridized carbons (Fsp3) is 0.400. The number of nitrogens with zero attached hydrogens (tertiary/aromatic N) is 1. The number of ether oxygens (including phenoxy) is 1. The molecule has 17 heavy (non-hydrogen) atoms. The van der Waals surface area contributed by atoms with Gasteiger partial charge in [0, 0.05) is 6.54 Å². The van der Waals surface area contributed by atoms with E-state index in [0.717, 1.165) is 0 Å². The molecular weight excluding hydrogens is 232 g/mol. The van der Waals surface area contributed by atoms with Gasteiger partial charge in [0.15, 0.2) is 0 Å². The number of anilines is 1. The average molecular weight is 245 g/mol. The molecule has 0 saturated carbocycles. The Morgan fingerprint density at radius 3 is 2.71 bits per heavy atom. The zero-order valence-corrected chi connectivity index (χ0v) is 9.24. The van der Waals surface area contributed by atoms with E-state index < -0.39 is 18.1 Å². The second-order valence-corrected chi connectivity index (χ2v) is 3.19. The Labute approximate surface area is 96.8 Å². The first kappa shape index (κ1) is 13.3. The summed E-state index contributed by atoms with van der Waals surface area (Å²) in [5.74, 6) is -0.968. The first-order valence-electron chi connectivity index (χ1n) is 4.95. The minimum absolute atomic E-state index is 0.0793. The van der Waals surface area contributed by atoms with E-state index in [4.69, 9.17) is 16.2 Å². The van der Waals surface area contributed by atoms with Crippen molar-refractivity contribution in [3.63, 3.8) is 0 Å². The van der Waals surface area contributed by atoms with Gasteiger partial charge in [-0.3, -0.25) is 0 Å². The normalized spacial score (nSPS) is 10.6. The maximum absolute atomic E-state index is 12.8. The fourth-order valence-electron chi connectivity index (χ4n) is 1.40. The largest absolute Gasteiger partial charge is 0.462 e. The second-order valence-electron chi connectivity index (χ2n) is 3.19. The fourth-order valence-corrected chi connectivity index (χ4v) is 1.40. The maximum atomic E-state index is 12.8. The molecule has 7 heteroatoms. The molecule has 1 rings (SSSR count). The number of alkyl halides is 2. The molecule has 0 amide bonds. The van der Waals surface area contributed by atoms with E-state index in [-0.39, 0.29) is 30.1 Å². The molecule has 5 nitrogen and oxygen atoms in total. The lowest BCUT2D eigenvalue weighted by Crippen LogP contribution is -2.16. The van der Waals surface area contributed by atoms with Crippen LogP contribution in [0.4, 0.5) is 14.6 Å². The van der Waals surface area contributed by atoms with Crippen molar-refractivity contribution >= 4 is 11.8 Å². The predicted octanol–water partition coefficient (Wildman–Crippen LogP) is 1.24. The summed E-state index contributed by atoms with van der Waals surface area (Å²) in [7, 11) is 0. The SMILES string of the molecule is CCOC(=O)c1c(CN)cc(N)nc1C(F)F. The highest BCUT2D eigenvalue weighted by Gasteiger charge is 2.24. The minimum Gasteiger partial charge on any atom is -0.462 e. The van der Waals surface area contributed by atoms with E-state index in [0.29, 0.717) is 0 Å². The summed E-state index contributed by atoms with van der Waals surface area (Å²) in [6.07, 6.45) is -2.91. The summed E-state index contributed by atoms with van der Waals surface area (Å²) in [5.41, 5.74) is 9.97. The number of nitrogens with two attached hydrogens (primary N) is 2. The smallest absolute Gasteiger partial charge is 0.340 e. The highest BCUT2D eigenvalue weighted by molar-refractivity contribution is 5.92. The van der Waals surface area contributed by atoms with Crippen molar-refractivity contribution < 1.29 is 18.3 Å². The van der Waals surface area contributed by atoms with Crippen LogP contribution in [0, 0.1) is 0 Å². The molecule has 0 fully saturated rings. The molecule has 0 saturated heterocycles. The van der Waals surface area contributed by atoms with Crippen LogP contribution in [0.15, 0.2) is 6.07 Å². The minimum atomic E-state index is -2.91. The van der Waals surface area contributed by atoms with Gasteiger partial charge in [0.25, 0.3) is 6.43 Å². The lowest BCUT2D eigenvalue weighted by Gasteiger charge is -2.12. The topological polar surface area (TPSA) is 91.2 Å². The van der Waals surface area contributed by atoms with Gasteiger partial charge in [-0.1, -0.05) is 0 Å². The van der Waals surface area contributed by atoms with Crippen molar-refractivity contribution in [2.24, 2.45) is 5.73 Å². The molecule has 0 aliphatic heterocycles. The Kier molecular flexibility index (Phi) is 4.33. The van der Waals surface area contributed by atoms with Crippen LogP contribution in [0.25, 0.3) is 0 Å². The quantitative estimate of drug-likeness (QED) is 0.778. The highest BCUT2D eigenvalue weighted by Crippen LogP contribution is 2.26. The second kappa shape index (κ2) is 5.53. The summed E-state index contributed by atoms with van der Waals surface area (Å²) in [6.45, 7) is 1.56. The van der Waals surface area contributed by atoms with Crippen molar-refractivity contribution in [3.8, 4) is 0 Å². The molecular formula is C10H13F2N3O2. The van der Waals surface area contributed by atoms with Gasteiger partial charge in [-0.2, -0.15) is 0 Å². The van der Waals surface area contributed by atoms with Gasteiger partial charge < -0.3 is 16.2 Å². The van der Waals surface area contributed by atoms with Crippen molar-refractivity contribution in [2.45, 2.75) is 19.9 Å². The number of rotatable bonds is 4. The van der Waals surface area contributed by atoms with Crippen molar-refractivity contribution in [3.05, 3.63) is 22.9 Å². The zero-order valence-electron chi connectivity index (χ0n) is 9.24. The molecule has 0 unspecified atom stereocenters. The molecule has 0 aliphatic carbocycles. The van der Waals surface area contributed by atoms with Gasteiger partial charge in [-0.15, -0.1) is 0 Å². The molecule has 1 aromatic rings. The van der Waals surface area contributed by atoms with Gasteiger partial charge in [0.1, 0.15) is 11.5 Å². The molecule has 1 aromatic heterocycles. The first-order chi connectivity index (χ1) is 8.01. The third-order valence-corrected chi connectivity index (χ3v) is 2.06. The van der Waals surface area contributed by atoms with E-state index in [9.17, 15) is 13.6 Å². The highest BCUT2D eigenvalue weighted by atomic mass is 19.3. The van der Waals surface area contributed by atoms with Gasteiger partial charge in [0.2, 0.25) is 0 Å². The van der Waals surface area contributed by atoms with Gasteiger partial charge in [-0.05, 0) is 18.6 Å². The number of esters is 1. The van der Waals surface area contributed by atoms with Crippen LogP contribution in [0.2, 0.25) is 0 Å². The lowest BCUT2D eigenvalue weighted by molar-refractivity contribution is 0.0512. The van der Waals surface area contributed by atoms with Crippen LogP contribution in [0.3, 0.4) is 0 Å². The van der Waals surface area contributed by atoms with Crippen molar-refractivity contribution in [1.29, 1.82) is 0 Å². The molecule has 0 aromatic carbocycles. The third-order valence-electron chi connectivity index (χ3n) is 2.06. The van der Waals surface area contributed by atoms with E-state index in [1.54, 1.807) is 6.92 Å². The van der Waals surface area contributed by atoms with Crippen LogP contribution < -0.4 is 11.5 Å². The number of nitrogen functional groups attached to an aromatic ring is 1. The van der Waals surface area contributed by atoms with E-state index in [1.807, 2.05) is 0 Å². The molecule has 0 bridgehead atoms. The zero-order chi connectivity index (χ0) is 13.0. The van der Waals surface area contributed by atoms with E-state index in [2.05, 4.69) is 4.98 Å². The van der Waals surface area contributed by atoms with Crippen LogP contribution in [0.5, 0.6) is 0 Å². The van der Waals surface area contributed by atoms with E-state index >= 15 is 0 Å². The third kappa shape index (κ3) is 2.88. The summed E-state index contributed by atoms with van der Waals surface area (Å²) in [6, 6.07) is 1.29. The Balaban J connectivity index is 3.36.